The topological polar surface area (TPSA) is 90.5 Å². The van der Waals surface area contributed by atoms with Gasteiger partial charge in [-0.2, -0.15) is 0 Å². The summed E-state index contributed by atoms with van der Waals surface area (Å²) in [6, 6.07) is 3.50. The summed E-state index contributed by atoms with van der Waals surface area (Å²) in [5, 5.41) is 7.68. The second-order valence-electron chi connectivity index (χ2n) is 6.30. The third-order valence-corrected chi connectivity index (χ3v) is 3.56. The van der Waals surface area contributed by atoms with Crippen molar-refractivity contribution in [2.75, 3.05) is 32.0 Å². The van der Waals surface area contributed by atoms with Crippen LogP contribution in [-0.4, -0.2) is 49.4 Å². The Bertz CT molecular complexity index is 620. The first-order valence-corrected chi connectivity index (χ1v) is 8.36. The average molecular weight is 348 g/mol. The Labute approximate surface area is 149 Å². The minimum Gasteiger partial charge on any atom is -0.338 e. The largest absolute Gasteiger partial charge is 0.338 e. The molecule has 0 heterocycles. The molecule has 0 radical (unpaired) electrons. The highest BCUT2D eigenvalue weighted by molar-refractivity contribution is 5.96. The summed E-state index contributed by atoms with van der Waals surface area (Å²) in [4.78, 5) is 36.9. The van der Waals surface area contributed by atoms with Gasteiger partial charge in [0, 0.05) is 12.2 Å². The molecule has 3 N–H and O–H groups in total. The zero-order valence-electron chi connectivity index (χ0n) is 15.7. The van der Waals surface area contributed by atoms with Crippen LogP contribution in [0.15, 0.2) is 12.1 Å². The summed E-state index contributed by atoms with van der Waals surface area (Å²) in [6.45, 7) is 8.34. The van der Waals surface area contributed by atoms with Crippen molar-refractivity contribution in [2.24, 2.45) is 0 Å². The molecule has 4 amide bonds. The number of rotatable bonds is 7. The Balaban J connectivity index is 2.49. The second-order valence-corrected chi connectivity index (χ2v) is 6.30. The summed E-state index contributed by atoms with van der Waals surface area (Å²) in [7, 11) is 1.65. The molecule has 0 saturated heterocycles. The molecule has 1 aromatic carbocycles. The number of amides is 4. The Morgan fingerprint density at radius 3 is 2.12 bits per heavy atom. The molecule has 0 fully saturated rings. The van der Waals surface area contributed by atoms with Crippen LogP contribution in [0.4, 0.5) is 10.5 Å². The molecule has 0 unspecified atom stereocenters. The van der Waals surface area contributed by atoms with Gasteiger partial charge in [0.1, 0.15) is 0 Å². The van der Waals surface area contributed by atoms with Crippen LogP contribution in [0.1, 0.15) is 30.0 Å². The Kier molecular flexibility index (Phi) is 8.07. The lowest BCUT2D eigenvalue weighted by molar-refractivity contribution is -0.122. The van der Waals surface area contributed by atoms with Gasteiger partial charge >= 0.3 is 6.03 Å². The molecule has 7 heteroatoms. The van der Waals surface area contributed by atoms with Crippen molar-refractivity contribution in [1.82, 2.24) is 15.5 Å². The molecule has 0 atom stereocenters. The van der Waals surface area contributed by atoms with Crippen LogP contribution in [0.2, 0.25) is 0 Å². The average Bonchev–Trinajstić information content (AvgIpc) is 2.48. The van der Waals surface area contributed by atoms with E-state index in [-0.39, 0.29) is 19.0 Å². The number of anilines is 1. The molecule has 0 aromatic heterocycles. The molecular weight excluding hydrogens is 320 g/mol. The van der Waals surface area contributed by atoms with Crippen LogP contribution in [0.5, 0.6) is 0 Å². The van der Waals surface area contributed by atoms with Crippen LogP contribution < -0.4 is 16.0 Å². The molecular formula is C18H28N4O3. The standard InChI is InChI=1S/C18H28N4O3/c1-6-7-19-18(25)21-16(24)11-22(5)10-15(23)20-17-13(3)8-12(2)9-14(17)4/h8-9H,6-7,10-11H2,1-5H3,(H,20,23)(H2,19,21,24,25). The number of aryl methyl sites for hydroxylation is 3. The van der Waals surface area contributed by atoms with Crippen LogP contribution >= 0.6 is 0 Å². The van der Waals surface area contributed by atoms with Gasteiger partial charge in [0.25, 0.3) is 0 Å². The van der Waals surface area contributed by atoms with E-state index in [1.165, 1.54) is 0 Å². The van der Waals surface area contributed by atoms with Crippen LogP contribution in [0.25, 0.3) is 0 Å². The van der Waals surface area contributed by atoms with Crippen molar-refractivity contribution in [2.45, 2.75) is 34.1 Å². The lowest BCUT2D eigenvalue weighted by atomic mass is 10.1. The van der Waals surface area contributed by atoms with E-state index in [4.69, 9.17) is 0 Å². The maximum Gasteiger partial charge on any atom is 0.321 e. The molecule has 1 rings (SSSR count). The SMILES string of the molecule is CCCNC(=O)NC(=O)CN(C)CC(=O)Nc1c(C)cc(C)cc1C. The molecule has 0 bridgehead atoms. The first-order valence-electron chi connectivity index (χ1n) is 8.36. The predicted molar refractivity (Wildman–Crippen MR) is 98.6 cm³/mol. The molecule has 0 aliphatic rings. The number of carbonyl (C=O) groups excluding carboxylic acids is 3. The molecule has 7 nitrogen and oxygen atoms in total. The van der Waals surface area contributed by atoms with Gasteiger partial charge in [-0.3, -0.25) is 19.8 Å². The van der Waals surface area contributed by atoms with Crippen molar-refractivity contribution in [3.05, 3.63) is 28.8 Å². The Morgan fingerprint density at radius 2 is 1.56 bits per heavy atom. The van der Waals surface area contributed by atoms with Gasteiger partial charge in [-0.05, 0) is 45.4 Å². The molecule has 0 spiro atoms. The van der Waals surface area contributed by atoms with Gasteiger partial charge in [-0.15, -0.1) is 0 Å². The highest BCUT2D eigenvalue weighted by atomic mass is 16.2. The highest BCUT2D eigenvalue weighted by Gasteiger charge is 2.14. The Hall–Kier alpha value is -2.41. The van der Waals surface area contributed by atoms with Crippen molar-refractivity contribution in [3.63, 3.8) is 0 Å². The lowest BCUT2D eigenvalue weighted by Gasteiger charge is -2.17. The van der Waals surface area contributed by atoms with Crippen molar-refractivity contribution >= 4 is 23.5 Å². The fraction of sp³-hybridized carbons (Fsp3) is 0.500. The molecule has 0 aliphatic carbocycles. The second kappa shape index (κ2) is 9.78. The van der Waals surface area contributed by atoms with Gasteiger partial charge in [0.05, 0.1) is 13.1 Å². The maximum absolute atomic E-state index is 12.2. The number of hydrogen-bond acceptors (Lipinski definition) is 4. The molecule has 138 valence electrons. The van der Waals surface area contributed by atoms with E-state index in [9.17, 15) is 14.4 Å². The van der Waals surface area contributed by atoms with E-state index in [2.05, 4.69) is 16.0 Å². The fourth-order valence-corrected chi connectivity index (χ4v) is 2.55. The minimum absolute atomic E-state index is 0.0428. The molecule has 25 heavy (non-hydrogen) atoms. The van der Waals surface area contributed by atoms with E-state index < -0.39 is 11.9 Å². The summed E-state index contributed by atoms with van der Waals surface area (Å²) >= 11 is 0. The minimum atomic E-state index is -0.518. The monoisotopic (exact) mass is 348 g/mol. The fourth-order valence-electron chi connectivity index (χ4n) is 2.55. The predicted octanol–water partition coefficient (Wildman–Crippen LogP) is 1.72. The number of nitrogens with one attached hydrogen (secondary N) is 3. The molecule has 0 saturated carbocycles. The normalized spacial score (nSPS) is 10.5. The Morgan fingerprint density at radius 1 is 1.00 bits per heavy atom. The smallest absolute Gasteiger partial charge is 0.321 e. The quantitative estimate of drug-likeness (QED) is 0.700. The maximum atomic E-state index is 12.2. The van der Waals surface area contributed by atoms with Gasteiger partial charge in [-0.1, -0.05) is 24.6 Å². The van der Waals surface area contributed by atoms with Crippen LogP contribution in [0, 0.1) is 20.8 Å². The van der Waals surface area contributed by atoms with E-state index in [0.717, 1.165) is 28.8 Å². The summed E-state index contributed by atoms with van der Waals surface area (Å²) in [5.41, 5.74) is 3.94. The number of benzene rings is 1. The first kappa shape index (κ1) is 20.6. The van der Waals surface area contributed by atoms with E-state index in [0.29, 0.717) is 6.54 Å². The summed E-state index contributed by atoms with van der Waals surface area (Å²) < 4.78 is 0. The lowest BCUT2D eigenvalue weighted by Crippen LogP contribution is -2.45. The van der Waals surface area contributed by atoms with Gasteiger partial charge in [0.15, 0.2) is 0 Å². The highest BCUT2D eigenvalue weighted by Crippen LogP contribution is 2.21. The van der Waals surface area contributed by atoms with Crippen molar-refractivity contribution < 1.29 is 14.4 Å². The van der Waals surface area contributed by atoms with Crippen molar-refractivity contribution in [1.29, 1.82) is 0 Å². The molecule has 0 aliphatic heterocycles. The third kappa shape index (κ3) is 7.34. The van der Waals surface area contributed by atoms with Crippen molar-refractivity contribution in [3.8, 4) is 0 Å². The third-order valence-electron chi connectivity index (χ3n) is 3.56. The first-order chi connectivity index (χ1) is 11.7. The van der Waals surface area contributed by atoms with Gasteiger partial charge in [0.2, 0.25) is 11.8 Å². The number of hydrogen-bond donors (Lipinski definition) is 3. The molecule has 1 aromatic rings. The van der Waals surface area contributed by atoms with Crippen LogP contribution in [-0.2, 0) is 9.59 Å². The number of carbonyl (C=O) groups is 3. The number of urea groups is 1. The van der Waals surface area contributed by atoms with Crippen LogP contribution in [0.3, 0.4) is 0 Å². The summed E-state index contributed by atoms with van der Waals surface area (Å²) in [6.07, 6.45) is 0.791. The number of imide groups is 1. The number of likely N-dealkylation sites (N-methyl/N-ethyl adjacent to an activating group) is 1. The summed E-state index contributed by atoms with van der Waals surface area (Å²) in [5.74, 6) is -0.660. The number of nitrogens with zero attached hydrogens (tertiary/aromatic N) is 1. The van der Waals surface area contributed by atoms with Gasteiger partial charge < -0.3 is 10.6 Å². The zero-order valence-corrected chi connectivity index (χ0v) is 15.7. The van der Waals surface area contributed by atoms with E-state index >= 15 is 0 Å². The van der Waals surface area contributed by atoms with E-state index in [1.54, 1.807) is 11.9 Å². The van der Waals surface area contributed by atoms with E-state index in [1.807, 2.05) is 39.8 Å². The zero-order chi connectivity index (χ0) is 19.0. The van der Waals surface area contributed by atoms with Gasteiger partial charge in [-0.25, -0.2) is 4.79 Å².